The number of nitrogens with one attached hydrogen (secondary N) is 1. The molecule has 2 aromatic heterocycles. The minimum Gasteiger partial charge on any atom is -0.478 e. The summed E-state index contributed by atoms with van der Waals surface area (Å²) in [5.74, 6) is -7.51. The van der Waals surface area contributed by atoms with Crippen molar-refractivity contribution in [2.75, 3.05) is 44.3 Å². The monoisotopic (exact) mass is 940 g/mol. The summed E-state index contributed by atoms with van der Waals surface area (Å²) in [6.45, 7) is 5.09. The lowest BCUT2D eigenvalue weighted by Crippen LogP contribution is -2.49. The van der Waals surface area contributed by atoms with Crippen LogP contribution in [0.2, 0.25) is 0 Å². The van der Waals surface area contributed by atoms with Crippen molar-refractivity contribution in [2.24, 2.45) is 0 Å². The predicted octanol–water partition coefficient (Wildman–Crippen LogP) is 4.46. The molecule has 2 aromatic carbocycles. The molecule has 0 radical (unpaired) electrons. The van der Waals surface area contributed by atoms with E-state index in [-0.39, 0.29) is 11.9 Å². The highest BCUT2D eigenvalue weighted by molar-refractivity contribution is 9.10. The summed E-state index contributed by atoms with van der Waals surface area (Å²) in [6, 6.07) is 14.0. The average Bonchev–Trinajstić information content (AvgIpc) is 3.64. The first-order valence-electron chi connectivity index (χ1n) is 19.0. The van der Waals surface area contributed by atoms with Gasteiger partial charge in [-0.2, -0.15) is 5.10 Å². The number of aliphatic carboxylic acids is 6. The maximum Gasteiger partial charge on any atom is 0.328 e. The second-order valence-electron chi connectivity index (χ2n) is 13.8. The number of halogens is 2. The third kappa shape index (κ3) is 17.5. The topological polar surface area (TPSA) is 312 Å². The molecule has 4 aromatic rings. The van der Waals surface area contributed by atoms with E-state index in [0.717, 1.165) is 67.5 Å². The standard InChI is InChI=1S/C29H34BrFN8.3C4H4O4/c1-37-12-14-38(15-13-37)22-7-9-23(10-8-22)39-29-26(28(32)34-18-35-29)27(36-39)20-4-11-25(24(31)16-20)33-17-19-2-5-21(30)6-3-19;3*5-3(6)1-2-4(7)8/h2-6,11,16,18,22-23,33H,7-10,12-15,17H2,1H3,(H2,32,34,35);3*1-2H,(H,5,6)(H,7,8)/t22-,23+;;;. The highest BCUT2D eigenvalue weighted by Crippen LogP contribution is 2.37. The Bertz CT molecular complexity index is 2190. The molecule has 9 N–H and O–H groups in total. The fourth-order valence-corrected chi connectivity index (χ4v) is 6.60. The molecule has 2 aliphatic rings. The lowest BCUT2D eigenvalue weighted by atomic mass is 9.90. The first kappa shape index (κ1) is 50.3. The molecular formula is C41H46BrFN8O12. The van der Waals surface area contributed by atoms with Gasteiger partial charge < -0.3 is 46.6 Å². The van der Waals surface area contributed by atoms with Crippen LogP contribution >= 0.6 is 15.9 Å². The summed E-state index contributed by atoms with van der Waals surface area (Å²) < 4.78 is 18.3. The number of nitrogens with zero attached hydrogens (tertiary/aromatic N) is 6. The molecule has 1 saturated carbocycles. The number of carboxylic acid groups (broad SMARTS) is 6. The highest BCUT2D eigenvalue weighted by atomic mass is 79.9. The van der Waals surface area contributed by atoms with Gasteiger partial charge in [0.05, 0.1) is 17.1 Å². The van der Waals surface area contributed by atoms with Gasteiger partial charge in [-0.15, -0.1) is 0 Å². The smallest absolute Gasteiger partial charge is 0.328 e. The third-order valence-electron chi connectivity index (χ3n) is 9.33. The van der Waals surface area contributed by atoms with E-state index in [1.165, 1.54) is 12.4 Å². The molecule has 336 valence electrons. The van der Waals surface area contributed by atoms with Crippen molar-refractivity contribution in [3.8, 4) is 11.3 Å². The summed E-state index contributed by atoms with van der Waals surface area (Å²) in [5, 5.41) is 55.7. The van der Waals surface area contributed by atoms with Gasteiger partial charge in [0.25, 0.3) is 0 Å². The van der Waals surface area contributed by atoms with E-state index in [2.05, 4.69) is 48.1 Å². The summed E-state index contributed by atoms with van der Waals surface area (Å²) in [4.78, 5) is 71.2. The molecule has 1 aliphatic carbocycles. The Labute approximate surface area is 367 Å². The van der Waals surface area contributed by atoms with E-state index in [0.29, 0.717) is 77.2 Å². The number of hydrogen-bond acceptors (Lipinski definition) is 13. The number of carboxylic acids is 6. The Morgan fingerprint density at radius 2 is 1.21 bits per heavy atom. The van der Waals surface area contributed by atoms with E-state index < -0.39 is 35.8 Å². The largest absolute Gasteiger partial charge is 0.478 e. The minimum atomic E-state index is -1.26. The van der Waals surface area contributed by atoms with Crippen molar-refractivity contribution >= 4 is 74.3 Å². The molecule has 2 fully saturated rings. The van der Waals surface area contributed by atoms with Crippen LogP contribution in [0.5, 0.6) is 0 Å². The number of likely N-dealkylation sites (N-methyl/N-ethyl adjacent to an activating group) is 1. The molecule has 3 heterocycles. The Balaban J connectivity index is 0.000000360. The van der Waals surface area contributed by atoms with E-state index in [1.807, 2.05) is 35.0 Å². The van der Waals surface area contributed by atoms with Crippen LogP contribution in [0.15, 0.2) is 89.7 Å². The van der Waals surface area contributed by atoms with Crippen molar-refractivity contribution in [1.29, 1.82) is 0 Å². The Kier molecular flexibility index (Phi) is 20.0. The number of carbonyl (C=O) groups is 6. The van der Waals surface area contributed by atoms with Crippen molar-refractivity contribution in [3.05, 3.63) is 101 Å². The lowest BCUT2D eigenvalue weighted by Gasteiger charge is -2.41. The summed E-state index contributed by atoms with van der Waals surface area (Å²) in [5.41, 5.74) is 9.86. The number of piperazine rings is 1. The van der Waals surface area contributed by atoms with Crippen LogP contribution in [0, 0.1) is 5.82 Å². The molecule has 0 atom stereocenters. The molecule has 1 saturated heterocycles. The number of rotatable bonds is 12. The van der Waals surface area contributed by atoms with Gasteiger partial charge in [-0.05, 0) is 62.6 Å². The highest BCUT2D eigenvalue weighted by Gasteiger charge is 2.31. The van der Waals surface area contributed by atoms with E-state index in [1.54, 1.807) is 6.07 Å². The summed E-state index contributed by atoms with van der Waals surface area (Å²) >= 11 is 3.44. The molecular weight excluding hydrogens is 895 g/mol. The lowest BCUT2D eigenvalue weighted by molar-refractivity contribution is -0.134. The molecule has 0 spiro atoms. The molecule has 6 rings (SSSR count). The van der Waals surface area contributed by atoms with Crippen LogP contribution in [-0.4, -0.2) is 135 Å². The van der Waals surface area contributed by atoms with Gasteiger partial charge in [-0.3, -0.25) is 4.90 Å². The van der Waals surface area contributed by atoms with Gasteiger partial charge in [0.2, 0.25) is 0 Å². The molecule has 1 aliphatic heterocycles. The molecule has 20 nitrogen and oxygen atoms in total. The first-order chi connectivity index (χ1) is 29.8. The number of anilines is 2. The summed E-state index contributed by atoms with van der Waals surface area (Å²) in [6.07, 6.45) is 9.18. The average molecular weight is 942 g/mol. The van der Waals surface area contributed by atoms with E-state index in [9.17, 15) is 28.8 Å². The Morgan fingerprint density at radius 3 is 1.67 bits per heavy atom. The van der Waals surface area contributed by atoms with Crippen molar-refractivity contribution in [3.63, 3.8) is 0 Å². The number of fused-ring (bicyclic) bond motifs is 1. The van der Waals surface area contributed by atoms with Gasteiger partial charge in [0.1, 0.15) is 23.7 Å². The quantitative estimate of drug-likeness (QED) is 0.0909. The zero-order chi connectivity index (χ0) is 46.6. The van der Waals surface area contributed by atoms with Crippen molar-refractivity contribution < 1.29 is 63.8 Å². The van der Waals surface area contributed by atoms with Crippen LogP contribution in [0.25, 0.3) is 22.3 Å². The second kappa shape index (κ2) is 25.0. The summed E-state index contributed by atoms with van der Waals surface area (Å²) in [7, 11) is 2.20. The Hall–Kier alpha value is -7.04. The van der Waals surface area contributed by atoms with Crippen LogP contribution in [-0.2, 0) is 35.3 Å². The number of nitrogen functional groups attached to an aromatic ring is 1. The minimum absolute atomic E-state index is 0.232. The maximum absolute atomic E-state index is 15.2. The fourth-order valence-electron chi connectivity index (χ4n) is 6.34. The molecule has 0 amide bonds. The Morgan fingerprint density at radius 1 is 0.730 bits per heavy atom. The molecule has 63 heavy (non-hydrogen) atoms. The normalized spacial score (nSPS) is 16.6. The van der Waals surface area contributed by atoms with Gasteiger partial charge in [0.15, 0.2) is 5.65 Å². The first-order valence-corrected chi connectivity index (χ1v) is 19.7. The van der Waals surface area contributed by atoms with Gasteiger partial charge in [-0.1, -0.05) is 34.1 Å². The number of nitrogens with two attached hydrogens (primary N) is 1. The fraction of sp³-hybridized carbons (Fsp3) is 0.293. The van der Waals surface area contributed by atoms with E-state index in [4.69, 9.17) is 41.5 Å². The third-order valence-corrected chi connectivity index (χ3v) is 9.86. The van der Waals surface area contributed by atoms with Crippen LogP contribution in [0.1, 0.15) is 37.3 Å². The zero-order valence-corrected chi connectivity index (χ0v) is 35.3. The second-order valence-corrected chi connectivity index (χ2v) is 14.7. The SMILES string of the molecule is CN1CCN([C@H]2CC[C@@H](n3nc(-c4ccc(NCc5ccc(Br)cc5)c(F)c4)c4c(N)ncnc43)CC2)CC1.O=C(O)C=CC(=O)O.O=C(O)C=CC(=O)O.O=C(O)C=CC(=O)O. The number of aromatic nitrogens is 4. The van der Waals surface area contributed by atoms with E-state index >= 15 is 4.39 Å². The molecule has 22 heteroatoms. The molecule has 0 unspecified atom stereocenters. The number of hydrogen-bond donors (Lipinski definition) is 8. The van der Waals surface area contributed by atoms with Gasteiger partial charge in [-0.25, -0.2) is 47.8 Å². The maximum atomic E-state index is 15.2. The molecule has 0 bridgehead atoms. The predicted molar refractivity (Wildman–Crippen MR) is 230 cm³/mol. The number of benzene rings is 2. The van der Waals surface area contributed by atoms with Gasteiger partial charge in [0, 0.05) is 85.3 Å². The van der Waals surface area contributed by atoms with Gasteiger partial charge >= 0.3 is 35.8 Å². The van der Waals surface area contributed by atoms with Crippen LogP contribution < -0.4 is 11.1 Å². The van der Waals surface area contributed by atoms with Crippen LogP contribution in [0.4, 0.5) is 15.9 Å². The van der Waals surface area contributed by atoms with Crippen molar-refractivity contribution in [1.82, 2.24) is 29.5 Å². The zero-order valence-electron chi connectivity index (χ0n) is 33.8. The van der Waals surface area contributed by atoms with Crippen LogP contribution in [0.3, 0.4) is 0 Å². The van der Waals surface area contributed by atoms with Crippen molar-refractivity contribution in [2.45, 2.75) is 44.3 Å².